The molecule has 1 heterocycles. The van der Waals surface area contributed by atoms with Gasteiger partial charge in [0.15, 0.2) is 0 Å². The Balaban J connectivity index is 1.99. The summed E-state index contributed by atoms with van der Waals surface area (Å²) in [5, 5.41) is 0. The lowest BCUT2D eigenvalue weighted by molar-refractivity contribution is 0.466. The van der Waals surface area contributed by atoms with E-state index in [9.17, 15) is 8.42 Å². The Kier molecular flexibility index (Phi) is 3.94. The molecule has 0 aliphatic heterocycles. The topological polar surface area (TPSA) is 63.2 Å². The van der Waals surface area contributed by atoms with Gasteiger partial charge in [0, 0.05) is 13.6 Å². The van der Waals surface area contributed by atoms with Crippen molar-refractivity contribution in [3.63, 3.8) is 0 Å². The van der Waals surface area contributed by atoms with Crippen LogP contribution in [0.15, 0.2) is 47.4 Å². The molecule has 0 bridgehead atoms. The smallest absolute Gasteiger partial charge is 0.207 e. The van der Waals surface area contributed by atoms with Gasteiger partial charge >= 0.3 is 0 Å². The second-order valence-electron chi connectivity index (χ2n) is 5.08. The Morgan fingerprint density at radius 2 is 1.86 bits per heavy atom. The van der Waals surface area contributed by atoms with Crippen molar-refractivity contribution in [3.05, 3.63) is 53.6 Å². The van der Waals surface area contributed by atoms with Crippen LogP contribution in [0.2, 0.25) is 0 Å². The number of rotatable bonds is 4. The summed E-state index contributed by atoms with van der Waals surface area (Å²) >= 11 is 1.02. The third kappa shape index (κ3) is 2.63. The molecule has 0 aliphatic carbocycles. The summed E-state index contributed by atoms with van der Waals surface area (Å²) in [4.78, 5) is 0.204. The maximum absolute atomic E-state index is 12.8. The highest BCUT2D eigenvalue weighted by Crippen LogP contribution is 2.25. The van der Waals surface area contributed by atoms with Gasteiger partial charge in [0.25, 0.3) is 0 Å². The number of benzene rings is 2. The molecule has 0 spiro atoms. The lowest BCUT2D eigenvalue weighted by Crippen LogP contribution is -2.27. The maximum Gasteiger partial charge on any atom is 0.245 e. The molecule has 2 aromatic carbocycles. The van der Waals surface area contributed by atoms with E-state index in [1.807, 2.05) is 31.2 Å². The third-order valence-corrected chi connectivity index (χ3v) is 5.97. The third-order valence-electron chi connectivity index (χ3n) is 3.59. The van der Waals surface area contributed by atoms with Crippen LogP contribution in [0.3, 0.4) is 0 Å². The molecule has 0 atom stereocenters. The molecule has 1 aromatic heterocycles. The zero-order valence-electron chi connectivity index (χ0n) is 12.2. The zero-order valence-corrected chi connectivity index (χ0v) is 13.9. The number of hydrogen-bond acceptors (Lipinski definition) is 5. The lowest BCUT2D eigenvalue weighted by atomic mass is 10.1. The fourth-order valence-electron chi connectivity index (χ4n) is 2.27. The number of sulfonamides is 1. The van der Waals surface area contributed by atoms with Gasteiger partial charge in [-0.3, -0.25) is 0 Å². The normalized spacial score (nSPS) is 12.1. The monoisotopic (exact) mass is 333 g/mol. The Labute approximate surface area is 133 Å². The van der Waals surface area contributed by atoms with Gasteiger partial charge in [-0.2, -0.15) is 13.1 Å². The van der Waals surface area contributed by atoms with Crippen LogP contribution in [0.5, 0.6) is 0 Å². The number of aromatic nitrogens is 2. The second-order valence-corrected chi connectivity index (χ2v) is 7.62. The van der Waals surface area contributed by atoms with E-state index >= 15 is 0 Å². The fraction of sp³-hybridized carbons (Fsp3) is 0.200. The summed E-state index contributed by atoms with van der Waals surface area (Å²) in [6.07, 6.45) is 0. The average molecular weight is 333 g/mol. The molecular formula is C15H15N3O2S2. The van der Waals surface area contributed by atoms with Gasteiger partial charge in [-0.15, -0.1) is 0 Å². The number of hydrogen-bond donors (Lipinski definition) is 0. The summed E-state index contributed by atoms with van der Waals surface area (Å²) in [5.41, 5.74) is 3.09. The zero-order chi connectivity index (χ0) is 15.7. The van der Waals surface area contributed by atoms with Crippen molar-refractivity contribution in [1.82, 2.24) is 13.1 Å². The van der Waals surface area contributed by atoms with Crippen LogP contribution in [0, 0.1) is 6.92 Å². The van der Waals surface area contributed by atoms with Gasteiger partial charge in [0.05, 0.1) is 11.7 Å². The summed E-state index contributed by atoms with van der Waals surface area (Å²) in [5.74, 6) is 0. The van der Waals surface area contributed by atoms with Gasteiger partial charge in [0.2, 0.25) is 10.0 Å². The van der Waals surface area contributed by atoms with Crippen molar-refractivity contribution in [2.24, 2.45) is 0 Å². The van der Waals surface area contributed by atoms with Crippen LogP contribution in [-0.4, -0.2) is 28.5 Å². The minimum atomic E-state index is -3.61. The Bertz CT molecular complexity index is 919. The Morgan fingerprint density at radius 1 is 1.09 bits per heavy atom. The molecule has 0 amide bonds. The summed E-state index contributed by atoms with van der Waals surface area (Å²) < 4.78 is 35.2. The van der Waals surface area contributed by atoms with Crippen molar-refractivity contribution in [2.75, 3.05) is 7.05 Å². The van der Waals surface area contributed by atoms with E-state index in [0.717, 1.165) is 22.9 Å². The van der Waals surface area contributed by atoms with Crippen LogP contribution in [0.25, 0.3) is 11.0 Å². The van der Waals surface area contributed by atoms with Crippen LogP contribution in [0.1, 0.15) is 11.1 Å². The molecule has 0 N–H and O–H groups in total. The first-order chi connectivity index (χ1) is 10.5. The van der Waals surface area contributed by atoms with E-state index in [2.05, 4.69) is 8.75 Å². The van der Waals surface area contributed by atoms with Gasteiger partial charge in [-0.1, -0.05) is 30.3 Å². The predicted octanol–water partition coefficient (Wildman–Crippen LogP) is 2.82. The first-order valence-electron chi connectivity index (χ1n) is 6.72. The van der Waals surface area contributed by atoms with Gasteiger partial charge < -0.3 is 0 Å². The van der Waals surface area contributed by atoms with Crippen LogP contribution in [-0.2, 0) is 16.6 Å². The molecule has 0 saturated heterocycles. The number of aryl methyl sites for hydroxylation is 1. The molecule has 0 aliphatic rings. The fourth-order valence-corrected chi connectivity index (χ4v) is 4.17. The van der Waals surface area contributed by atoms with Crippen LogP contribution in [0.4, 0.5) is 0 Å². The van der Waals surface area contributed by atoms with E-state index in [1.165, 1.54) is 4.31 Å². The molecule has 3 aromatic rings. The van der Waals surface area contributed by atoms with Crippen molar-refractivity contribution in [2.45, 2.75) is 18.4 Å². The number of fused-ring (bicyclic) bond motifs is 1. The van der Waals surface area contributed by atoms with Crippen molar-refractivity contribution in [1.29, 1.82) is 0 Å². The minimum Gasteiger partial charge on any atom is -0.207 e. The standard InChI is InChI=1S/C15H15N3O2S2/c1-11-6-3-4-7-12(11)10-18(2)22(19,20)14-9-5-8-13-15(14)17-21-16-13/h3-9H,10H2,1-2H3. The average Bonchev–Trinajstić information content (AvgIpc) is 2.97. The van der Waals surface area contributed by atoms with Crippen molar-refractivity contribution >= 4 is 32.8 Å². The van der Waals surface area contributed by atoms with E-state index in [0.29, 0.717) is 17.6 Å². The molecule has 7 heteroatoms. The van der Waals surface area contributed by atoms with Crippen molar-refractivity contribution in [3.8, 4) is 0 Å². The SMILES string of the molecule is Cc1ccccc1CN(C)S(=O)(=O)c1cccc2nsnc12. The largest absolute Gasteiger partial charge is 0.245 e. The van der Waals surface area contributed by atoms with Crippen LogP contribution >= 0.6 is 11.7 Å². The van der Waals surface area contributed by atoms with E-state index in [-0.39, 0.29) is 4.90 Å². The molecule has 0 saturated carbocycles. The van der Waals surface area contributed by atoms with Crippen LogP contribution < -0.4 is 0 Å². The first kappa shape index (κ1) is 15.1. The highest BCUT2D eigenvalue weighted by Gasteiger charge is 2.25. The lowest BCUT2D eigenvalue weighted by Gasteiger charge is -2.18. The van der Waals surface area contributed by atoms with E-state index < -0.39 is 10.0 Å². The molecular weight excluding hydrogens is 318 g/mol. The van der Waals surface area contributed by atoms with Gasteiger partial charge in [-0.25, -0.2) is 8.42 Å². The quantitative estimate of drug-likeness (QED) is 0.736. The van der Waals surface area contributed by atoms with Crippen molar-refractivity contribution < 1.29 is 8.42 Å². The molecule has 114 valence electrons. The molecule has 5 nitrogen and oxygen atoms in total. The Morgan fingerprint density at radius 3 is 2.64 bits per heavy atom. The van der Waals surface area contributed by atoms with Gasteiger partial charge in [0.1, 0.15) is 15.9 Å². The highest BCUT2D eigenvalue weighted by atomic mass is 32.2. The minimum absolute atomic E-state index is 0.204. The Hall–Kier alpha value is -1.83. The predicted molar refractivity (Wildman–Crippen MR) is 87.2 cm³/mol. The summed E-state index contributed by atoms with van der Waals surface area (Å²) in [6.45, 7) is 2.30. The molecule has 0 fully saturated rings. The second kappa shape index (κ2) is 5.75. The maximum atomic E-state index is 12.8. The van der Waals surface area contributed by atoms with E-state index in [1.54, 1.807) is 25.2 Å². The highest BCUT2D eigenvalue weighted by molar-refractivity contribution is 7.89. The number of nitrogens with zero attached hydrogens (tertiary/aromatic N) is 3. The summed E-state index contributed by atoms with van der Waals surface area (Å²) in [7, 11) is -2.03. The molecule has 3 rings (SSSR count). The summed E-state index contributed by atoms with van der Waals surface area (Å²) in [6, 6.07) is 12.8. The molecule has 22 heavy (non-hydrogen) atoms. The van der Waals surface area contributed by atoms with Gasteiger partial charge in [-0.05, 0) is 30.2 Å². The van der Waals surface area contributed by atoms with E-state index in [4.69, 9.17) is 0 Å². The first-order valence-corrected chi connectivity index (χ1v) is 8.89. The molecule has 0 radical (unpaired) electrons. The molecule has 0 unspecified atom stereocenters.